The van der Waals surface area contributed by atoms with E-state index in [2.05, 4.69) is 17.1 Å². The van der Waals surface area contributed by atoms with Gasteiger partial charge in [-0.3, -0.25) is 4.90 Å². The van der Waals surface area contributed by atoms with Crippen molar-refractivity contribution >= 4 is 0 Å². The van der Waals surface area contributed by atoms with Crippen LogP contribution in [-0.2, 0) is 0 Å². The van der Waals surface area contributed by atoms with Crippen molar-refractivity contribution in [1.82, 2.24) is 10.2 Å². The van der Waals surface area contributed by atoms with Crippen molar-refractivity contribution in [3.8, 4) is 0 Å². The summed E-state index contributed by atoms with van der Waals surface area (Å²) in [6.45, 7) is 6.12. The van der Waals surface area contributed by atoms with Crippen molar-refractivity contribution in [3.63, 3.8) is 0 Å². The minimum absolute atomic E-state index is 0.784. The third kappa shape index (κ3) is 1.30. The Balaban J connectivity index is 2.00. The van der Waals surface area contributed by atoms with Crippen molar-refractivity contribution in [3.05, 3.63) is 0 Å². The second-order valence-corrected chi connectivity index (χ2v) is 3.71. The van der Waals surface area contributed by atoms with E-state index in [9.17, 15) is 0 Å². The molecule has 2 heteroatoms. The van der Waals surface area contributed by atoms with Gasteiger partial charge in [-0.05, 0) is 25.8 Å². The Morgan fingerprint density at radius 1 is 1.45 bits per heavy atom. The third-order valence-electron chi connectivity index (χ3n) is 3.12. The first-order valence-electron chi connectivity index (χ1n) is 4.89. The lowest BCUT2D eigenvalue weighted by Gasteiger charge is -2.37. The predicted octanol–water partition coefficient (Wildman–Crippen LogP) is 0.833. The molecule has 0 aromatic rings. The van der Waals surface area contributed by atoms with Crippen molar-refractivity contribution in [2.75, 3.05) is 19.6 Å². The summed E-state index contributed by atoms with van der Waals surface area (Å²) in [5, 5.41) is 3.60. The molecule has 1 N–H and O–H groups in total. The maximum absolute atomic E-state index is 3.60. The highest BCUT2D eigenvalue weighted by Crippen LogP contribution is 2.23. The van der Waals surface area contributed by atoms with Crippen LogP contribution in [0.25, 0.3) is 0 Å². The summed E-state index contributed by atoms with van der Waals surface area (Å²) in [5.41, 5.74) is 0. The van der Waals surface area contributed by atoms with Gasteiger partial charge < -0.3 is 5.32 Å². The van der Waals surface area contributed by atoms with Crippen LogP contribution < -0.4 is 5.32 Å². The van der Waals surface area contributed by atoms with E-state index in [0.29, 0.717) is 0 Å². The Morgan fingerprint density at radius 2 is 2.36 bits per heavy atom. The number of hydrogen-bond donors (Lipinski definition) is 1. The molecule has 0 saturated carbocycles. The number of nitrogens with zero attached hydrogens (tertiary/aromatic N) is 1. The standard InChI is InChI=1S/C9H18N2/c1-2-8-9-4-3-6-11(9)7-5-10-8/h8-10H,2-7H2,1H3. The first kappa shape index (κ1) is 7.56. The molecule has 0 aromatic heterocycles. The van der Waals surface area contributed by atoms with E-state index < -0.39 is 0 Å². The summed E-state index contributed by atoms with van der Waals surface area (Å²) < 4.78 is 0. The van der Waals surface area contributed by atoms with Gasteiger partial charge in [-0.2, -0.15) is 0 Å². The molecule has 2 aliphatic heterocycles. The molecule has 2 saturated heterocycles. The third-order valence-corrected chi connectivity index (χ3v) is 3.12. The average molecular weight is 154 g/mol. The van der Waals surface area contributed by atoms with Gasteiger partial charge in [0.1, 0.15) is 0 Å². The van der Waals surface area contributed by atoms with Crippen LogP contribution in [0.1, 0.15) is 26.2 Å². The monoisotopic (exact) mass is 154 g/mol. The van der Waals surface area contributed by atoms with Gasteiger partial charge >= 0.3 is 0 Å². The van der Waals surface area contributed by atoms with Crippen molar-refractivity contribution in [2.24, 2.45) is 0 Å². The molecule has 2 rings (SSSR count). The SMILES string of the molecule is CCC1NCCN2CCCC12. The van der Waals surface area contributed by atoms with Crippen molar-refractivity contribution in [2.45, 2.75) is 38.3 Å². The van der Waals surface area contributed by atoms with Crippen LogP contribution in [0.4, 0.5) is 0 Å². The van der Waals surface area contributed by atoms with Crippen LogP contribution in [0, 0.1) is 0 Å². The summed E-state index contributed by atoms with van der Waals surface area (Å²) in [5.74, 6) is 0. The van der Waals surface area contributed by atoms with Crippen LogP contribution >= 0.6 is 0 Å². The highest BCUT2D eigenvalue weighted by Gasteiger charge is 2.32. The number of piperazine rings is 1. The number of hydrogen-bond acceptors (Lipinski definition) is 2. The van der Waals surface area contributed by atoms with Gasteiger partial charge in [-0.1, -0.05) is 6.92 Å². The molecule has 0 bridgehead atoms. The zero-order valence-electron chi connectivity index (χ0n) is 7.34. The van der Waals surface area contributed by atoms with Gasteiger partial charge in [0.15, 0.2) is 0 Å². The largest absolute Gasteiger partial charge is 0.311 e. The molecule has 2 fully saturated rings. The molecular formula is C9H18N2. The Morgan fingerprint density at radius 3 is 3.18 bits per heavy atom. The van der Waals surface area contributed by atoms with E-state index in [4.69, 9.17) is 0 Å². The van der Waals surface area contributed by atoms with Crippen molar-refractivity contribution < 1.29 is 0 Å². The second kappa shape index (κ2) is 3.11. The Labute approximate surface area is 69.0 Å². The molecule has 2 aliphatic rings. The molecule has 0 radical (unpaired) electrons. The maximum atomic E-state index is 3.60. The topological polar surface area (TPSA) is 15.3 Å². The summed E-state index contributed by atoms with van der Waals surface area (Å²) in [6.07, 6.45) is 4.13. The van der Waals surface area contributed by atoms with Gasteiger partial charge in [0.25, 0.3) is 0 Å². The Hall–Kier alpha value is -0.0800. The summed E-state index contributed by atoms with van der Waals surface area (Å²) >= 11 is 0. The zero-order chi connectivity index (χ0) is 7.68. The predicted molar refractivity (Wildman–Crippen MR) is 46.7 cm³/mol. The van der Waals surface area contributed by atoms with E-state index in [1.54, 1.807) is 0 Å². The summed E-state index contributed by atoms with van der Waals surface area (Å²) in [6, 6.07) is 1.65. The molecule has 2 heterocycles. The van der Waals surface area contributed by atoms with Gasteiger partial charge in [0, 0.05) is 25.2 Å². The maximum Gasteiger partial charge on any atom is 0.0250 e. The van der Waals surface area contributed by atoms with E-state index in [-0.39, 0.29) is 0 Å². The van der Waals surface area contributed by atoms with Crippen molar-refractivity contribution in [1.29, 1.82) is 0 Å². The van der Waals surface area contributed by atoms with Crippen LogP contribution in [0.3, 0.4) is 0 Å². The minimum Gasteiger partial charge on any atom is -0.311 e. The molecule has 0 aromatic carbocycles. The lowest BCUT2D eigenvalue weighted by atomic mass is 10.0. The zero-order valence-corrected chi connectivity index (χ0v) is 7.34. The van der Waals surface area contributed by atoms with E-state index in [0.717, 1.165) is 12.1 Å². The highest BCUT2D eigenvalue weighted by atomic mass is 15.2. The van der Waals surface area contributed by atoms with E-state index in [1.165, 1.54) is 38.9 Å². The first-order valence-corrected chi connectivity index (χ1v) is 4.89. The van der Waals surface area contributed by atoms with E-state index >= 15 is 0 Å². The smallest absolute Gasteiger partial charge is 0.0250 e. The van der Waals surface area contributed by atoms with Crippen LogP contribution in [0.2, 0.25) is 0 Å². The molecule has 0 spiro atoms. The normalized spacial score (nSPS) is 39.0. The summed E-state index contributed by atoms with van der Waals surface area (Å²) in [7, 11) is 0. The Bertz CT molecular complexity index is 136. The highest BCUT2D eigenvalue weighted by molar-refractivity contribution is 4.92. The van der Waals surface area contributed by atoms with Gasteiger partial charge in [-0.25, -0.2) is 0 Å². The molecular weight excluding hydrogens is 136 g/mol. The molecule has 2 nitrogen and oxygen atoms in total. The molecule has 0 aliphatic carbocycles. The van der Waals surface area contributed by atoms with E-state index in [1.807, 2.05) is 0 Å². The fourth-order valence-corrected chi connectivity index (χ4v) is 2.53. The lowest BCUT2D eigenvalue weighted by Crippen LogP contribution is -2.54. The van der Waals surface area contributed by atoms with Gasteiger partial charge in [-0.15, -0.1) is 0 Å². The van der Waals surface area contributed by atoms with Crippen LogP contribution in [0.15, 0.2) is 0 Å². The number of rotatable bonds is 1. The second-order valence-electron chi connectivity index (χ2n) is 3.71. The quantitative estimate of drug-likeness (QED) is 0.602. The molecule has 2 unspecified atom stereocenters. The Kier molecular flexibility index (Phi) is 2.14. The fourth-order valence-electron chi connectivity index (χ4n) is 2.53. The molecule has 0 amide bonds. The summed E-state index contributed by atoms with van der Waals surface area (Å²) in [4.78, 5) is 2.66. The molecule has 2 atom stereocenters. The number of nitrogens with one attached hydrogen (secondary N) is 1. The van der Waals surface area contributed by atoms with Gasteiger partial charge in [0.2, 0.25) is 0 Å². The lowest BCUT2D eigenvalue weighted by molar-refractivity contribution is 0.160. The molecule has 64 valence electrons. The van der Waals surface area contributed by atoms with Crippen LogP contribution in [0.5, 0.6) is 0 Å². The first-order chi connectivity index (χ1) is 5.42. The average Bonchev–Trinajstić information content (AvgIpc) is 2.50. The van der Waals surface area contributed by atoms with Crippen LogP contribution in [-0.4, -0.2) is 36.6 Å². The minimum atomic E-state index is 0.784. The fraction of sp³-hybridized carbons (Fsp3) is 1.00. The molecule has 11 heavy (non-hydrogen) atoms. The van der Waals surface area contributed by atoms with Gasteiger partial charge in [0.05, 0.1) is 0 Å². The number of fused-ring (bicyclic) bond motifs is 1.